The summed E-state index contributed by atoms with van der Waals surface area (Å²) >= 11 is 18.0. The van der Waals surface area contributed by atoms with Crippen LogP contribution in [0, 0.1) is 0 Å². The van der Waals surface area contributed by atoms with Crippen LogP contribution in [0.4, 0.5) is 5.69 Å². The lowest BCUT2D eigenvalue weighted by atomic mass is 10.1. The number of carbonyl (C=O) groups excluding carboxylic acids is 2. The number of amides is 1. The Morgan fingerprint density at radius 2 is 1.58 bits per heavy atom. The maximum Gasteiger partial charge on any atom is 0.248 e. The largest absolute Gasteiger partial charge is 0.450 e. The zero-order valence-electron chi connectivity index (χ0n) is 15.9. The molecule has 1 amide bonds. The van der Waals surface area contributed by atoms with E-state index in [0.29, 0.717) is 42.9 Å². The molecule has 3 aromatic carbocycles. The van der Waals surface area contributed by atoms with Gasteiger partial charge in [0.1, 0.15) is 5.58 Å². The third kappa shape index (κ3) is 4.67. The van der Waals surface area contributed by atoms with E-state index in [0.717, 1.165) is 0 Å². The van der Waals surface area contributed by atoms with Gasteiger partial charge in [-0.3, -0.25) is 9.59 Å². The van der Waals surface area contributed by atoms with Gasteiger partial charge in [-0.2, -0.15) is 0 Å². The minimum absolute atomic E-state index is 0.0368. The Morgan fingerprint density at radius 1 is 0.871 bits per heavy atom. The number of para-hydroxylation sites is 1. The van der Waals surface area contributed by atoms with Crippen molar-refractivity contribution in [3.8, 4) is 0 Å². The average Bonchev–Trinajstić information content (AvgIpc) is 3.11. The molecule has 4 aromatic rings. The molecule has 0 aliphatic heterocycles. The fraction of sp³-hybridized carbons (Fsp3) is 0. The fourth-order valence-electron chi connectivity index (χ4n) is 3.03. The predicted molar refractivity (Wildman–Crippen MR) is 125 cm³/mol. The molecular formula is C24H14Cl3NO3. The lowest BCUT2D eigenvalue weighted by Crippen LogP contribution is -2.11. The summed E-state index contributed by atoms with van der Waals surface area (Å²) in [5.41, 5.74) is 1.81. The van der Waals surface area contributed by atoms with E-state index in [-0.39, 0.29) is 11.5 Å². The summed E-state index contributed by atoms with van der Waals surface area (Å²) in [6.45, 7) is 0. The molecule has 0 unspecified atom stereocenters. The van der Waals surface area contributed by atoms with E-state index >= 15 is 0 Å². The van der Waals surface area contributed by atoms with Gasteiger partial charge < -0.3 is 9.73 Å². The molecule has 7 heteroatoms. The third-order valence-corrected chi connectivity index (χ3v) is 5.35. The van der Waals surface area contributed by atoms with E-state index in [1.807, 2.05) is 0 Å². The van der Waals surface area contributed by atoms with Gasteiger partial charge >= 0.3 is 0 Å². The number of nitrogens with one attached hydrogen (secondary N) is 1. The van der Waals surface area contributed by atoms with Crippen LogP contribution in [0.15, 0.2) is 77.2 Å². The molecule has 1 N–H and O–H groups in total. The summed E-state index contributed by atoms with van der Waals surface area (Å²) in [7, 11) is 0. The minimum atomic E-state index is -0.442. The monoisotopic (exact) mass is 469 g/mol. The molecule has 1 aromatic heterocycles. The van der Waals surface area contributed by atoms with Gasteiger partial charge in [0.15, 0.2) is 5.76 Å². The number of hydrogen-bond donors (Lipinski definition) is 1. The first-order chi connectivity index (χ1) is 14.9. The second-order valence-corrected chi connectivity index (χ2v) is 7.91. The first kappa shape index (κ1) is 21.2. The van der Waals surface area contributed by atoms with Crippen molar-refractivity contribution in [2.75, 3.05) is 5.32 Å². The highest BCUT2D eigenvalue weighted by atomic mass is 35.5. The fourth-order valence-corrected chi connectivity index (χ4v) is 3.63. The van der Waals surface area contributed by atoms with E-state index in [2.05, 4.69) is 5.32 Å². The van der Waals surface area contributed by atoms with Crippen LogP contribution < -0.4 is 5.32 Å². The summed E-state index contributed by atoms with van der Waals surface area (Å²) in [5, 5.41) is 4.81. The van der Waals surface area contributed by atoms with Crippen molar-refractivity contribution in [3.05, 3.63) is 105 Å². The Kier molecular flexibility index (Phi) is 6.14. The molecule has 0 bridgehead atoms. The minimum Gasteiger partial charge on any atom is -0.450 e. The van der Waals surface area contributed by atoms with E-state index in [1.54, 1.807) is 72.8 Å². The predicted octanol–water partition coefficient (Wildman–Crippen LogP) is 7.28. The van der Waals surface area contributed by atoms with Crippen LogP contribution in [0.5, 0.6) is 0 Å². The van der Waals surface area contributed by atoms with Gasteiger partial charge in [-0.15, -0.1) is 0 Å². The van der Waals surface area contributed by atoms with Crippen LogP contribution in [0.25, 0.3) is 17.0 Å². The quantitative estimate of drug-likeness (QED) is 0.246. The molecule has 0 fully saturated rings. The second kappa shape index (κ2) is 8.98. The first-order valence-corrected chi connectivity index (χ1v) is 10.3. The number of benzene rings is 3. The normalized spacial score (nSPS) is 11.2. The van der Waals surface area contributed by atoms with Crippen molar-refractivity contribution < 1.29 is 14.0 Å². The van der Waals surface area contributed by atoms with Crippen molar-refractivity contribution in [1.29, 1.82) is 0 Å². The molecule has 1 heterocycles. The number of furan rings is 1. The van der Waals surface area contributed by atoms with Crippen molar-refractivity contribution in [2.45, 2.75) is 0 Å². The molecule has 0 aliphatic carbocycles. The highest BCUT2D eigenvalue weighted by molar-refractivity contribution is 6.35. The molecule has 0 atom stereocenters. The number of fused-ring (bicyclic) bond motifs is 1. The molecule has 0 spiro atoms. The van der Waals surface area contributed by atoms with Gasteiger partial charge in [0.05, 0.1) is 5.69 Å². The molecule has 4 rings (SSSR count). The highest BCUT2D eigenvalue weighted by Gasteiger charge is 2.23. The van der Waals surface area contributed by atoms with Crippen LogP contribution in [-0.2, 0) is 4.79 Å². The van der Waals surface area contributed by atoms with Gasteiger partial charge in [-0.25, -0.2) is 0 Å². The Balaban J connectivity index is 1.67. The van der Waals surface area contributed by atoms with E-state index in [4.69, 9.17) is 39.2 Å². The third-order valence-electron chi connectivity index (χ3n) is 4.53. The smallest absolute Gasteiger partial charge is 0.248 e. The van der Waals surface area contributed by atoms with Gasteiger partial charge in [0.25, 0.3) is 0 Å². The summed E-state index contributed by atoms with van der Waals surface area (Å²) < 4.78 is 5.78. The average molecular weight is 471 g/mol. The van der Waals surface area contributed by atoms with Crippen LogP contribution in [-0.4, -0.2) is 11.7 Å². The Morgan fingerprint density at radius 3 is 2.32 bits per heavy atom. The Labute approximate surface area is 193 Å². The summed E-state index contributed by atoms with van der Waals surface area (Å²) in [4.78, 5) is 25.7. The SMILES string of the molecule is O=C(/C=C/c1ccc(Cl)cc1Cl)Nc1c(C(=O)c2ccc(Cl)cc2)oc2ccccc12. The molecule has 0 radical (unpaired) electrons. The summed E-state index contributed by atoms with van der Waals surface area (Å²) in [6, 6.07) is 18.5. The van der Waals surface area contributed by atoms with Crippen LogP contribution in [0.2, 0.25) is 15.1 Å². The number of anilines is 1. The number of halogens is 3. The van der Waals surface area contributed by atoms with E-state index in [1.165, 1.54) is 6.08 Å². The molecule has 31 heavy (non-hydrogen) atoms. The summed E-state index contributed by atoms with van der Waals surface area (Å²) in [6.07, 6.45) is 2.89. The number of carbonyl (C=O) groups is 2. The zero-order chi connectivity index (χ0) is 22.0. The Bertz CT molecular complexity index is 1320. The first-order valence-electron chi connectivity index (χ1n) is 9.18. The van der Waals surface area contributed by atoms with Crippen molar-refractivity contribution >= 4 is 69.2 Å². The second-order valence-electron chi connectivity index (χ2n) is 6.63. The van der Waals surface area contributed by atoms with Crippen molar-refractivity contribution in [2.24, 2.45) is 0 Å². The number of hydrogen-bond acceptors (Lipinski definition) is 3. The lowest BCUT2D eigenvalue weighted by Gasteiger charge is -2.04. The van der Waals surface area contributed by atoms with E-state index < -0.39 is 5.91 Å². The van der Waals surface area contributed by atoms with Crippen molar-refractivity contribution in [3.63, 3.8) is 0 Å². The van der Waals surface area contributed by atoms with Crippen molar-refractivity contribution in [1.82, 2.24) is 0 Å². The molecule has 0 saturated carbocycles. The van der Waals surface area contributed by atoms with Gasteiger partial charge in [0.2, 0.25) is 11.7 Å². The molecule has 154 valence electrons. The van der Waals surface area contributed by atoms with Crippen LogP contribution in [0.3, 0.4) is 0 Å². The standard InChI is InChI=1S/C24H14Cl3NO3/c25-16-9-6-15(7-10-16)23(30)24-22(18-3-1-2-4-20(18)31-24)28-21(29)12-8-14-5-11-17(26)13-19(14)27/h1-13H,(H,28,29)/b12-8+. The van der Waals surface area contributed by atoms with Gasteiger partial charge in [-0.05, 0) is 60.2 Å². The van der Waals surface area contributed by atoms with Gasteiger partial charge in [-0.1, -0.05) is 53.0 Å². The maximum atomic E-state index is 13.0. The lowest BCUT2D eigenvalue weighted by molar-refractivity contribution is -0.111. The van der Waals surface area contributed by atoms with E-state index in [9.17, 15) is 9.59 Å². The molecule has 0 saturated heterocycles. The molecular weight excluding hydrogens is 457 g/mol. The maximum absolute atomic E-state index is 13.0. The van der Waals surface area contributed by atoms with Crippen LogP contribution >= 0.6 is 34.8 Å². The molecule has 4 nitrogen and oxygen atoms in total. The van der Waals surface area contributed by atoms with Crippen LogP contribution in [0.1, 0.15) is 21.7 Å². The molecule has 0 aliphatic rings. The zero-order valence-corrected chi connectivity index (χ0v) is 18.1. The van der Waals surface area contributed by atoms with Gasteiger partial charge in [0, 0.05) is 32.1 Å². The number of rotatable bonds is 5. The highest BCUT2D eigenvalue weighted by Crippen LogP contribution is 2.33. The Hall–Kier alpha value is -3.05. The number of ketones is 1. The summed E-state index contributed by atoms with van der Waals surface area (Å²) in [5.74, 6) is -0.773. The topological polar surface area (TPSA) is 59.3 Å².